The highest BCUT2D eigenvalue weighted by atomic mass is 16.7. The molecule has 1 aromatic carbocycles. The number of hydrogen-bond acceptors (Lipinski definition) is 4. The number of rotatable bonds is 3. The van der Waals surface area contributed by atoms with Gasteiger partial charge < -0.3 is 19.7 Å². The number of carboxylic acid groups (broad SMARTS) is 1. The zero-order valence-electron chi connectivity index (χ0n) is 8.50. The Morgan fingerprint density at radius 1 is 1.50 bits per heavy atom. The van der Waals surface area contributed by atoms with Crippen molar-refractivity contribution >= 4 is 5.97 Å². The smallest absolute Gasteiger partial charge is 0.335 e. The molecule has 0 spiro atoms. The van der Waals surface area contributed by atoms with Gasteiger partial charge in [0.05, 0.1) is 6.61 Å². The van der Waals surface area contributed by atoms with Gasteiger partial charge in [-0.3, -0.25) is 0 Å². The summed E-state index contributed by atoms with van der Waals surface area (Å²) in [5.74, 6) is -0.844. The summed E-state index contributed by atoms with van der Waals surface area (Å²) in [5, 5.41) is 17.9. The fraction of sp³-hybridized carbons (Fsp3) is 0.364. The van der Waals surface area contributed by atoms with Crippen LogP contribution in [0.3, 0.4) is 0 Å². The van der Waals surface area contributed by atoms with Gasteiger partial charge in [0.2, 0.25) is 0 Å². The van der Waals surface area contributed by atoms with Crippen molar-refractivity contribution in [2.24, 2.45) is 0 Å². The number of benzene rings is 1. The van der Waals surface area contributed by atoms with Gasteiger partial charge in [-0.05, 0) is 17.7 Å². The van der Waals surface area contributed by atoms with E-state index in [1.165, 1.54) is 0 Å². The van der Waals surface area contributed by atoms with E-state index < -0.39 is 18.4 Å². The Hall–Kier alpha value is -1.59. The summed E-state index contributed by atoms with van der Waals surface area (Å²) in [6, 6.07) is 6.70. The molecule has 1 aromatic rings. The van der Waals surface area contributed by atoms with Crippen LogP contribution in [0, 0.1) is 0 Å². The molecule has 1 heterocycles. The lowest BCUT2D eigenvalue weighted by molar-refractivity contribution is -0.150. The zero-order valence-corrected chi connectivity index (χ0v) is 8.50. The monoisotopic (exact) mass is 224 g/mol. The number of hydrogen-bond donors (Lipinski definition) is 2. The predicted octanol–water partition coefficient (Wildman–Crippen LogP) is 0.761. The van der Waals surface area contributed by atoms with Gasteiger partial charge in [0, 0.05) is 6.42 Å². The SMILES string of the molecule is O=C(O)C1COC(Cc2cccc(O)c2)O1. The molecule has 2 atom stereocenters. The molecule has 5 nitrogen and oxygen atoms in total. The number of ether oxygens (including phenoxy) is 2. The van der Waals surface area contributed by atoms with E-state index >= 15 is 0 Å². The quantitative estimate of drug-likeness (QED) is 0.792. The van der Waals surface area contributed by atoms with Crippen LogP contribution in [0.4, 0.5) is 0 Å². The zero-order chi connectivity index (χ0) is 11.5. The van der Waals surface area contributed by atoms with E-state index in [0.29, 0.717) is 6.42 Å². The van der Waals surface area contributed by atoms with Gasteiger partial charge in [0.15, 0.2) is 12.4 Å². The third-order valence-corrected chi connectivity index (χ3v) is 2.34. The number of carboxylic acids is 1. The first-order chi connectivity index (χ1) is 7.65. The third kappa shape index (κ3) is 2.50. The highest BCUT2D eigenvalue weighted by Crippen LogP contribution is 2.18. The maximum atomic E-state index is 10.6. The molecule has 0 amide bonds. The van der Waals surface area contributed by atoms with E-state index in [-0.39, 0.29) is 12.4 Å². The third-order valence-electron chi connectivity index (χ3n) is 2.34. The first-order valence-electron chi connectivity index (χ1n) is 4.93. The van der Waals surface area contributed by atoms with Crippen molar-refractivity contribution in [3.05, 3.63) is 29.8 Å². The van der Waals surface area contributed by atoms with Crippen molar-refractivity contribution in [3.8, 4) is 5.75 Å². The summed E-state index contributed by atoms with van der Waals surface area (Å²) in [6.07, 6.45) is -1.01. The minimum Gasteiger partial charge on any atom is -0.508 e. The Morgan fingerprint density at radius 2 is 2.31 bits per heavy atom. The van der Waals surface area contributed by atoms with Gasteiger partial charge in [-0.15, -0.1) is 0 Å². The topological polar surface area (TPSA) is 76.0 Å². The lowest BCUT2D eigenvalue weighted by Gasteiger charge is -2.09. The molecule has 1 fully saturated rings. The van der Waals surface area contributed by atoms with E-state index in [1.54, 1.807) is 18.2 Å². The highest BCUT2D eigenvalue weighted by Gasteiger charge is 2.31. The summed E-state index contributed by atoms with van der Waals surface area (Å²) in [5.41, 5.74) is 0.844. The van der Waals surface area contributed by atoms with Crippen LogP contribution in [0.15, 0.2) is 24.3 Å². The van der Waals surface area contributed by atoms with Crippen LogP contribution in [0.25, 0.3) is 0 Å². The first kappa shape index (κ1) is 10.9. The van der Waals surface area contributed by atoms with Gasteiger partial charge in [0.25, 0.3) is 0 Å². The Kier molecular flexibility index (Phi) is 3.07. The number of phenols is 1. The molecule has 1 aliphatic rings. The van der Waals surface area contributed by atoms with Crippen LogP contribution in [0.1, 0.15) is 5.56 Å². The van der Waals surface area contributed by atoms with E-state index in [4.69, 9.17) is 14.6 Å². The highest BCUT2D eigenvalue weighted by molar-refractivity contribution is 5.72. The van der Waals surface area contributed by atoms with E-state index in [9.17, 15) is 9.90 Å². The van der Waals surface area contributed by atoms with Crippen LogP contribution in [-0.4, -0.2) is 35.2 Å². The van der Waals surface area contributed by atoms with Crippen molar-refractivity contribution in [1.82, 2.24) is 0 Å². The summed E-state index contributed by atoms with van der Waals surface area (Å²) in [4.78, 5) is 10.6. The second-order valence-electron chi connectivity index (χ2n) is 3.60. The van der Waals surface area contributed by atoms with Crippen LogP contribution in [0.2, 0.25) is 0 Å². The maximum Gasteiger partial charge on any atom is 0.335 e. The minimum absolute atomic E-state index is 0.0683. The fourth-order valence-corrected chi connectivity index (χ4v) is 1.57. The number of phenolic OH excluding ortho intramolecular Hbond substituents is 1. The van der Waals surface area contributed by atoms with Crippen LogP contribution < -0.4 is 0 Å². The van der Waals surface area contributed by atoms with Crippen molar-refractivity contribution in [3.63, 3.8) is 0 Å². The van der Waals surface area contributed by atoms with Crippen LogP contribution in [-0.2, 0) is 20.7 Å². The minimum atomic E-state index is -1.02. The molecule has 1 saturated heterocycles. The molecule has 2 rings (SSSR count). The number of aliphatic carboxylic acids is 1. The largest absolute Gasteiger partial charge is 0.508 e. The summed E-state index contributed by atoms with van der Waals surface area (Å²) in [7, 11) is 0. The molecule has 0 saturated carbocycles. The Balaban J connectivity index is 1.94. The Morgan fingerprint density at radius 3 is 2.94 bits per heavy atom. The molecule has 0 radical (unpaired) electrons. The predicted molar refractivity (Wildman–Crippen MR) is 54.1 cm³/mol. The molecule has 0 bridgehead atoms. The Labute approximate surface area is 92.2 Å². The molecule has 5 heteroatoms. The number of carbonyl (C=O) groups is 1. The maximum absolute atomic E-state index is 10.6. The fourth-order valence-electron chi connectivity index (χ4n) is 1.57. The molecule has 86 valence electrons. The molecule has 1 aliphatic heterocycles. The second kappa shape index (κ2) is 4.51. The lowest BCUT2D eigenvalue weighted by Crippen LogP contribution is -2.23. The van der Waals surface area contributed by atoms with Crippen molar-refractivity contribution < 1.29 is 24.5 Å². The first-order valence-corrected chi connectivity index (χ1v) is 4.93. The van der Waals surface area contributed by atoms with Crippen molar-refractivity contribution in [1.29, 1.82) is 0 Å². The Bertz CT molecular complexity index is 390. The van der Waals surface area contributed by atoms with Crippen molar-refractivity contribution in [2.75, 3.05) is 6.61 Å². The summed E-state index contributed by atoms with van der Waals surface area (Å²) < 4.78 is 10.3. The van der Waals surface area contributed by atoms with Crippen molar-refractivity contribution in [2.45, 2.75) is 18.8 Å². The van der Waals surface area contributed by atoms with E-state index in [0.717, 1.165) is 5.56 Å². The standard InChI is InChI=1S/C11H12O5/c12-8-3-1-2-7(4-8)5-10-15-6-9(16-10)11(13)14/h1-4,9-10,12H,5-6H2,(H,13,14). The van der Waals surface area contributed by atoms with Gasteiger partial charge in [0.1, 0.15) is 5.75 Å². The molecule has 0 aliphatic carbocycles. The molecular weight excluding hydrogens is 212 g/mol. The average molecular weight is 224 g/mol. The number of aromatic hydroxyl groups is 1. The molecular formula is C11H12O5. The van der Waals surface area contributed by atoms with Gasteiger partial charge in [-0.2, -0.15) is 0 Å². The van der Waals surface area contributed by atoms with Gasteiger partial charge >= 0.3 is 5.97 Å². The molecule has 2 N–H and O–H groups in total. The lowest BCUT2D eigenvalue weighted by atomic mass is 10.1. The van der Waals surface area contributed by atoms with Gasteiger partial charge in [-0.25, -0.2) is 4.79 Å². The summed E-state index contributed by atoms with van der Waals surface area (Å²) in [6.45, 7) is 0.0683. The van der Waals surface area contributed by atoms with E-state index in [1.807, 2.05) is 6.07 Å². The van der Waals surface area contributed by atoms with E-state index in [2.05, 4.69) is 0 Å². The van der Waals surface area contributed by atoms with Gasteiger partial charge in [-0.1, -0.05) is 12.1 Å². The normalized spacial score (nSPS) is 24.5. The van der Waals surface area contributed by atoms with Crippen LogP contribution in [0.5, 0.6) is 5.75 Å². The molecule has 2 unspecified atom stereocenters. The summed E-state index contributed by atoms with van der Waals surface area (Å²) >= 11 is 0. The van der Waals surface area contributed by atoms with Crippen LogP contribution >= 0.6 is 0 Å². The second-order valence-corrected chi connectivity index (χ2v) is 3.60. The molecule has 16 heavy (non-hydrogen) atoms. The average Bonchev–Trinajstić information content (AvgIpc) is 2.66. The molecule has 0 aromatic heterocycles.